The Labute approximate surface area is 528 Å². The van der Waals surface area contributed by atoms with Crippen LogP contribution in [0.2, 0.25) is 0 Å². The van der Waals surface area contributed by atoms with E-state index in [2.05, 4.69) is 0 Å². The second-order valence-electron chi connectivity index (χ2n) is 29.8. The Bertz CT molecular complexity index is 2700. The molecule has 8 saturated carbocycles. The molecule has 0 aromatic rings. The van der Waals surface area contributed by atoms with Gasteiger partial charge in [0.1, 0.15) is 56.8 Å². The zero-order chi connectivity index (χ0) is 65.5. The highest BCUT2D eigenvalue weighted by atomic mass is 16.6. The van der Waals surface area contributed by atoms with Crippen molar-refractivity contribution in [2.45, 2.75) is 203 Å². The second kappa shape index (κ2) is 27.6. The molecule has 23 heteroatoms. The van der Waals surface area contributed by atoms with E-state index in [0.717, 1.165) is 58.0 Å². The predicted molar refractivity (Wildman–Crippen MR) is 313 cm³/mol. The van der Waals surface area contributed by atoms with E-state index in [0.29, 0.717) is 62.1 Å². The molecule has 0 radical (unpaired) electrons. The molecule has 0 aromatic heterocycles. The molecule has 4 aliphatic heterocycles. The first kappa shape index (κ1) is 68.9. The molecule has 0 aromatic carbocycles. The molecule has 4 saturated heterocycles. The van der Waals surface area contributed by atoms with E-state index in [1.807, 2.05) is 55.4 Å². The maximum atomic E-state index is 12.3. The van der Waals surface area contributed by atoms with Gasteiger partial charge < -0.3 is 61.9 Å². The lowest BCUT2D eigenvalue weighted by Crippen LogP contribution is -2.44. The minimum atomic E-state index is -0.672. The third kappa shape index (κ3) is 14.1. The Hall–Kier alpha value is -5.42. The summed E-state index contributed by atoms with van der Waals surface area (Å²) < 4.78 is 64.6. The lowest BCUT2D eigenvalue weighted by molar-refractivity contribution is -0.172. The zero-order valence-corrected chi connectivity index (χ0v) is 54.7. The Morgan fingerprint density at radius 1 is 0.444 bits per heavy atom. The molecule has 12 aliphatic rings. The number of esters is 10. The number of aliphatic hydroxyl groups is 1. The second-order valence-corrected chi connectivity index (χ2v) is 29.8. The van der Waals surface area contributed by atoms with Crippen LogP contribution in [0.15, 0.2) is 0 Å². The Morgan fingerprint density at radius 2 is 0.933 bits per heavy atom. The van der Waals surface area contributed by atoms with E-state index in [1.54, 1.807) is 27.7 Å². The summed E-state index contributed by atoms with van der Waals surface area (Å²) in [6.07, 6.45) is 7.58. The third-order valence-electron chi connectivity index (χ3n) is 23.0. The fourth-order valence-corrected chi connectivity index (χ4v) is 16.0. The van der Waals surface area contributed by atoms with Crippen LogP contribution in [0.5, 0.6) is 0 Å². The molecule has 0 amide bonds. The van der Waals surface area contributed by atoms with Crippen LogP contribution in [-0.4, -0.2) is 160 Å². The largest absolute Gasteiger partial charge is 0.465 e. The summed E-state index contributed by atoms with van der Waals surface area (Å²) >= 11 is 0. The molecule has 1 N–H and O–H groups in total. The van der Waals surface area contributed by atoms with Gasteiger partial charge in [0.15, 0.2) is 6.61 Å². The van der Waals surface area contributed by atoms with Crippen molar-refractivity contribution in [3.63, 3.8) is 0 Å². The van der Waals surface area contributed by atoms with Gasteiger partial charge in [-0.2, -0.15) is 0 Å². The minimum absolute atomic E-state index is 0.0000488. The van der Waals surface area contributed by atoms with E-state index in [4.69, 9.17) is 56.8 Å². The summed E-state index contributed by atoms with van der Waals surface area (Å²) in [6, 6.07) is 0. The first-order valence-electron chi connectivity index (χ1n) is 33.2. The van der Waals surface area contributed by atoms with Gasteiger partial charge >= 0.3 is 59.7 Å². The van der Waals surface area contributed by atoms with E-state index in [-0.39, 0.29) is 165 Å². The van der Waals surface area contributed by atoms with Crippen molar-refractivity contribution in [3.8, 4) is 0 Å². The number of carbonyl (C=O) groups excluding carboxylic acids is 10. The van der Waals surface area contributed by atoms with Crippen LogP contribution in [0.25, 0.3) is 0 Å². The van der Waals surface area contributed by atoms with E-state index in [1.165, 1.54) is 0 Å². The summed E-state index contributed by atoms with van der Waals surface area (Å²) in [6.45, 7) is 23.7. The lowest BCUT2D eigenvalue weighted by Gasteiger charge is -2.36. The quantitative estimate of drug-likeness (QED) is 0.0485. The number of hydrogen-bond acceptors (Lipinski definition) is 23. The monoisotopic (exact) mass is 1270 g/mol. The number of aliphatic hydroxyl groups excluding tert-OH is 1. The van der Waals surface area contributed by atoms with Crippen molar-refractivity contribution >= 4 is 59.7 Å². The summed E-state index contributed by atoms with van der Waals surface area (Å²) in [5.74, 6) is -0.349. The smallest absolute Gasteiger partial charge is 0.344 e. The van der Waals surface area contributed by atoms with Gasteiger partial charge in [0.25, 0.3) is 0 Å². The summed E-state index contributed by atoms with van der Waals surface area (Å²) in [7, 11) is 0. The zero-order valence-electron chi connectivity index (χ0n) is 54.7. The number of hydrogen-bond donors (Lipinski definition) is 1. The lowest BCUT2D eigenvalue weighted by atomic mass is 9.74. The molecule has 23 nitrogen and oxygen atoms in total. The van der Waals surface area contributed by atoms with Gasteiger partial charge in [-0.05, 0) is 156 Å². The number of fused-ring (bicyclic) bond motifs is 8. The van der Waals surface area contributed by atoms with Crippen LogP contribution in [0.3, 0.4) is 0 Å². The Kier molecular flexibility index (Phi) is 21.2. The molecule has 0 spiro atoms. The molecule has 8 bridgehead atoms. The molecule has 504 valence electrons. The summed E-state index contributed by atoms with van der Waals surface area (Å²) in [5.41, 5.74) is -2.12. The highest BCUT2D eigenvalue weighted by Gasteiger charge is 2.66. The molecule has 12 rings (SSSR count). The van der Waals surface area contributed by atoms with Crippen LogP contribution in [0.4, 0.5) is 0 Å². The maximum Gasteiger partial charge on any atom is 0.344 e. The molecule has 21 unspecified atom stereocenters. The first-order valence-corrected chi connectivity index (χ1v) is 33.2. The molecule has 21 atom stereocenters. The fraction of sp³-hybridized carbons (Fsp3) is 0.851. The Balaban J connectivity index is 0.000000143. The van der Waals surface area contributed by atoms with Crippen molar-refractivity contribution in [2.24, 2.45) is 105 Å². The molecule has 8 aliphatic carbocycles. The maximum absolute atomic E-state index is 12.3. The van der Waals surface area contributed by atoms with Crippen LogP contribution >= 0.6 is 0 Å². The van der Waals surface area contributed by atoms with Crippen LogP contribution in [0, 0.1) is 105 Å². The standard InChI is InChI=1S/C19H28O7.C16H22O6.2C16H24O5/c1-4-19(2,3)18(22)24-6-5-23-14(20)9-15(21)26-16-11-7-12-10-25-17(16)13(12)8-11;1-4-16(2,3)15(19)20-7-11(17)21-12-8-5-9-10(6-8)14(18)22-13(9)12;1-4-16(2,3)15(19)21-13-9-5-8(10(13)6-17)12-11(9)7-20-14(12)18;1-4-16(2,3)15(18)20-6-5-19-12-9-7-10-11(8-9)14(17)21-13(10)12/h11-13,16-17H,4-10H2,1-3H3;8-10,12-13H,4-7H2,1-3H3;8-13,17H,4-7H2,1-3H3;9-13H,4-8H2,1-3H3. The molecular formula is C67H98O23. The molecular weight excluding hydrogens is 1170 g/mol. The number of rotatable bonds is 23. The number of carbonyl (C=O) groups is 10. The SMILES string of the molecule is CCC(C)(C)C(=O)OC1C2CC(C1CO)C1C(=O)OCC21.CCC(C)(C)C(=O)OCC(=O)OC1C2CC3C(=O)OC1C3C2.CCC(C)(C)C(=O)OCCOC(=O)CC(=O)OC1C2CC3COC1C3C2.CCC(C)(C)C(=O)OCCOC1C2CC3C(=O)OC1C3C2. The van der Waals surface area contributed by atoms with E-state index >= 15 is 0 Å². The number of cyclic esters (lactones) is 1. The highest BCUT2D eigenvalue weighted by Crippen LogP contribution is 2.60. The summed E-state index contributed by atoms with van der Waals surface area (Å²) in [5, 5.41) is 9.69. The minimum Gasteiger partial charge on any atom is -0.465 e. The Morgan fingerprint density at radius 3 is 1.51 bits per heavy atom. The van der Waals surface area contributed by atoms with Gasteiger partial charge in [-0.3, -0.25) is 43.2 Å². The predicted octanol–water partition coefficient (Wildman–Crippen LogP) is 6.64. The normalized spacial score (nSPS) is 36.0. The van der Waals surface area contributed by atoms with Crippen molar-refractivity contribution in [1.29, 1.82) is 0 Å². The average molecular weight is 1270 g/mol. The van der Waals surface area contributed by atoms with Gasteiger partial charge in [0, 0.05) is 42.1 Å². The summed E-state index contributed by atoms with van der Waals surface area (Å²) in [4.78, 5) is 119. The molecule has 90 heavy (non-hydrogen) atoms. The van der Waals surface area contributed by atoms with E-state index < -0.39 is 52.0 Å². The van der Waals surface area contributed by atoms with Crippen molar-refractivity contribution in [2.75, 3.05) is 52.9 Å². The third-order valence-corrected chi connectivity index (χ3v) is 23.0. The first-order chi connectivity index (χ1) is 42.5. The van der Waals surface area contributed by atoms with Gasteiger partial charge in [0.05, 0.1) is 71.4 Å². The van der Waals surface area contributed by atoms with E-state index in [9.17, 15) is 53.1 Å². The van der Waals surface area contributed by atoms with Crippen LogP contribution in [0.1, 0.15) is 160 Å². The van der Waals surface area contributed by atoms with Gasteiger partial charge in [-0.1, -0.05) is 27.7 Å². The van der Waals surface area contributed by atoms with Gasteiger partial charge in [0.2, 0.25) is 0 Å². The topological polar surface area (TPSA) is 302 Å². The van der Waals surface area contributed by atoms with Gasteiger partial charge in [-0.25, -0.2) is 4.79 Å². The average Bonchev–Trinajstić information content (AvgIpc) is 1.60. The van der Waals surface area contributed by atoms with Crippen molar-refractivity contribution in [3.05, 3.63) is 0 Å². The number of ether oxygens (including phenoxy) is 12. The van der Waals surface area contributed by atoms with Crippen LogP contribution in [-0.2, 0) is 105 Å². The van der Waals surface area contributed by atoms with Crippen molar-refractivity contribution < 1.29 is 110 Å². The van der Waals surface area contributed by atoms with Gasteiger partial charge in [-0.15, -0.1) is 0 Å². The van der Waals surface area contributed by atoms with Crippen molar-refractivity contribution in [1.82, 2.24) is 0 Å². The molecule has 4 heterocycles. The molecule has 12 fully saturated rings. The highest BCUT2D eigenvalue weighted by molar-refractivity contribution is 5.91. The fourth-order valence-electron chi connectivity index (χ4n) is 16.0. The van der Waals surface area contributed by atoms with Crippen LogP contribution < -0.4 is 0 Å².